The van der Waals surface area contributed by atoms with Gasteiger partial charge < -0.3 is 0 Å². The molecule has 4 unspecified atom stereocenters. The number of allylic oxidation sites excluding steroid dienone is 3. The van der Waals surface area contributed by atoms with E-state index < -0.39 is 0 Å². The molecule has 0 bridgehead atoms. The highest BCUT2D eigenvalue weighted by molar-refractivity contribution is 5.19. The van der Waals surface area contributed by atoms with Gasteiger partial charge in [-0.1, -0.05) is 115 Å². The summed E-state index contributed by atoms with van der Waals surface area (Å²) < 4.78 is 0. The molecule has 210 valence electrons. The second-order valence-electron chi connectivity index (χ2n) is 11.3. The smallest absolute Gasteiger partial charge is 0.0858 e. The van der Waals surface area contributed by atoms with Crippen LogP contribution >= 0.6 is 0 Å². The zero-order chi connectivity index (χ0) is 25.9. The average Bonchev–Trinajstić information content (AvgIpc) is 2.88. The van der Waals surface area contributed by atoms with E-state index in [1.807, 2.05) is 0 Å². The lowest BCUT2D eigenvalue weighted by Crippen LogP contribution is -2.46. The summed E-state index contributed by atoms with van der Waals surface area (Å²) in [6.45, 7) is 5.94. The summed E-state index contributed by atoms with van der Waals surface area (Å²) in [5, 5.41) is 0. The summed E-state index contributed by atoms with van der Waals surface area (Å²) in [7, 11) is 3.25. The molecule has 1 saturated carbocycles. The first-order valence-corrected chi connectivity index (χ1v) is 15.4. The Hall–Kier alpha value is -0.680. The van der Waals surface area contributed by atoms with Crippen LogP contribution in [0.25, 0.3) is 0 Å². The van der Waals surface area contributed by atoms with Crippen molar-refractivity contribution < 1.29 is 19.6 Å². The summed E-state index contributed by atoms with van der Waals surface area (Å²) in [6, 6.07) is 0. The van der Waals surface area contributed by atoms with Gasteiger partial charge in [-0.15, -0.1) is 0 Å². The Kier molecular flexibility index (Phi) is 17.0. The van der Waals surface area contributed by atoms with Crippen LogP contribution < -0.4 is 0 Å². The fraction of sp³-hybridized carbons (Fsp3) is 0.875. The van der Waals surface area contributed by atoms with Crippen molar-refractivity contribution in [1.82, 2.24) is 0 Å². The Labute approximate surface area is 223 Å². The maximum absolute atomic E-state index is 5.68. The Bertz CT molecular complexity index is 587. The third-order valence-electron chi connectivity index (χ3n) is 8.96. The minimum Gasteiger partial charge on any atom is -0.240 e. The van der Waals surface area contributed by atoms with Crippen LogP contribution in [-0.2, 0) is 19.6 Å². The highest BCUT2D eigenvalue weighted by Crippen LogP contribution is 2.55. The van der Waals surface area contributed by atoms with Gasteiger partial charge in [0.15, 0.2) is 0 Å². The number of hydrogen-bond acceptors (Lipinski definition) is 4. The van der Waals surface area contributed by atoms with Crippen molar-refractivity contribution in [3.8, 4) is 0 Å². The summed E-state index contributed by atoms with van der Waals surface area (Å²) in [5.74, 6) is 2.44. The van der Waals surface area contributed by atoms with Crippen molar-refractivity contribution in [2.75, 3.05) is 27.4 Å². The van der Waals surface area contributed by atoms with Gasteiger partial charge in [0.2, 0.25) is 0 Å². The molecule has 4 nitrogen and oxygen atoms in total. The maximum atomic E-state index is 5.68. The van der Waals surface area contributed by atoms with Crippen LogP contribution in [0.1, 0.15) is 123 Å². The second-order valence-corrected chi connectivity index (χ2v) is 11.3. The fourth-order valence-electron chi connectivity index (χ4n) is 7.00. The molecule has 2 rings (SSSR count). The van der Waals surface area contributed by atoms with E-state index in [2.05, 4.69) is 38.2 Å². The summed E-state index contributed by atoms with van der Waals surface area (Å²) in [4.78, 5) is 20.9. The van der Waals surface area contributed by atoms with Gasteiger partial charge in [0.05, 0.1) is 27.4 Å². The van der Waals surface area contributed by atoms with Crippen LogP contribution in [-0.4, -0.2) is 27.4 Å². The standard InChI is InChI=1S/C32H58O4/c1-5-7-9-13-19-28-23-25-32(24-17-12-11-14-20-29(32)27-36-34-4)31(22-16-18-26-35-33-3)30(28)21-15-10-8-6-2/h16,22-23,25,28-31H,5-15,17-21,24,26-27H2,1-4H3/t28?,29?,30?,31?,32-/m0/s1. The minimum atomic E-state index is 0.160. The van der Waals surface area contributed by atoms with E-state index in [-0.39, 0.29) is 5.41 Å². The van der Waals surface area contributed by atoms with Crippen molar-refractivity contribution in [2.45, 2.75) is 123 Å². The molecule has 2 aliphatic rings. The topological polar surface area (TPSA) is 36.9 Å². The van der Waals surface area contributed by atoms with E-state index in [0.717, 1.165) is 6.42 Å². The maximum Gasteiger partial charge on any atom is 0.0858 e. The lowest BCUT2D eigenvalue weighted by molar-refractivity contribution is -0.286. The SMILES string of the molecule is CCCCCCC1C=C[C@]2(CCCCCCC2COOC)C(C=CCCOOC)C1CCCCCC. The molecule has 0 saturated heterocycles. The number of hydrogen-bond donors (Lipinski definition) is 0. The van der Waals surface area contributed by atoms with Crippen LogP contribution in [0.2, 0.25) is 0 Å². The van der Waals surface area contributed by atoms with Crippen LogP contribution in [0.5, 0.6) is 0 Å². The monoisotopic (exact) mass is 506 g/mol. The van der Waals surface area contributed by atoms with Crippen LogP contribution in [0.15, 0.2) is 24.3 Å². The normalized spacial score (nSPS) is 29.1. The molecule has 4 heteroatoms. The van der Waals surface area contributed by atoms with Gasteiger partial charge in [-0.05, 0) is 61.2 Å². The molecular weight excluding hydrogens is 448 g/mol. The van der Waals surface area contributed by atoms with Gasteiger partial charge in [0.1, 0.15) is 0 Å². The highest BCUT2D eigenvalue weighted by atomic mass is 17.2. The van der Waals surface area contributed by atoms with Crippen molar-refractivity contribution >= 4 is 0 Å². The van der Waals surface area contributed by atoms with Crippen LogP contribution in [0.3, 0.4) is 0 Å². The second kappa shape index (κ2) is 19.4. The molecule has 0 heterocycles. The van der Waals surface area contributed by atoms with E-state index in [1.165, 1.54) is 103 Å². The van der Waals surface area contributed by atoms with E-state index >= 15 is 0 Å². The first-order chi connectivity index (χ1) is 17.7. The predicted octanol–water partition coefficient (Wildman–Crippen LogP) is 9.40. The lowest BCUT2D eigenvalue weighted by atomic mass is 9.53. The molecular formula is C32H58O4. The van der Waals surface area contributed by atoms with Crippen molar-refractivity contribution in [3.63, 3.8) is 0 Å². The van der Waals surface area contributed by atoms with Gasteiger partial charge >= 0.3 is 0 Å². The largest absolute Gasteiger partial charge is 0.240 e. The molecule has 0 N–H and O–H groups in total. The molecule has 0 aromatic carbocycles. The van der Waals surface area contributed by atoms with Gasteiger partial charge in [-0.2, -0.15) is 0 Å². The molecule has 5 atom stereocenters. The Balaban J connectivity index is 2.38. The molecule has 0 aliphatic heterocycles. The molecule has 1 fully saturated rings. The zero-order valence-electron chi connectivity index (χ0n) is 24.2. The predicted molar refractivity (Wildman–Crippen MR) is 150 cm³/mol. The number of unbranched alkanes of at least 4 members (excludes halogenated alkanes) is 6. The third-order valence-corrected chi connectivity index (χ3v) is 8.96. The zero-order valence-corrected chi connectivity index (χ0v) is 24.2. The quantitative estimate of drug-likeness (QED) is 0.0803. The van der Waals surface area contributed by atoms with Gasteiger partial charge in [-0.25, -0.2) is 19.6 Å². The molecule has 1 spiro atoms. The van der Waals surface area contributed by atoms with Crippen molar-refractivity contribution in [3.05, 3.63) is 24.3 Å². The molecule has 0 amide bonds. The minimum absolute atomic E-state index is 0.160. The van der Waals surface area contributed by atoms with Gasteiger partial charge in [0.25, 0.3) is 0 Å². The lowest BCUT2D eigenvalue weighted by Gasteiger charge is -2.52. The molecule has 0 aromatic heterocycles. The molecule has 2 aliphatic carbocycles. The van der Waals surface area contributed by atoms with E-state index in [9.17, 15) is 0 Å². The average molecular weight is 507 g/mol. The van der Waals surface area contributed by atoms with Crippen LogP contribution in [0, 0.1) is 29.1 Å². The molecule has 0 radical (unpaired) electrons. The Morgan fingerprint density at radius 3 is 2.28 bits per heavy atom. The highest BCUT2D eigenvalue weighted by Gasteiger charge is 2.48. The first kappa shape index (κ1) is 31.5. The van der Waals surface area contributed by atoms with Gasteiger partial charge in [-0.3, -0.25) is 0 Å². The third kappa shape index (κ3) is 10.2. The molecule has 36 heavy (non-hydrogen) atoms. The van der Waals surface area contributed by atoms with E-state index in [1.54, 1.807) is 14.2 Å². The summed E-state index contributed by atoms with van der Waals surface area (Å²) >= 11 is 0. The van der Waals surface area contributed by atoms with Gasteiger partial charge in [0, 0.05) is 0 Å². The van der Waals surface area contributed by atoms with Crippen molar-refractivity contribution in [1.29, 1.82) is 0 Å². The van der Waals surface area contributed by atoms with E-state index in [0.29, 0.717) is 36.9 Å². The molecule has 0 aromatic rings. The number of rotatable bonds is 18. The summed E-state index contributed by atoms with van der Waals surface area (Å²) in [6.07, 6.45) is 32.4. The Morgan fingerprint density at radius 1 is 0.833 bits per heavy atom. The summed E-state index contributed by atoms with van der Waals surface area (Å²) in [5.41, 5.74) is 0.160. The Morgan fingerprint density at radius 2 is 1.56 bits per heavy atom. The first-order valence-electron chi connectivity index (χ1n) is 15.4. The van der Waals surface area contributed by atoms with E-state index in [4.69, 9.17) is 19.6 Å². The fourth-order valence-corrected chi connectivity index (χ4v) is 7.00. The van der Waals surface area contributed by atoms with Crippen LogP contribution in [0.4, 0.5) is 0 Å². The van der Waals surface area contributed by atoms with Crippen molar-refractivity contribution in [2.24, 2.45) is 29.1 Å².